The molecule has 0 aromatic carbocycles. The molecule has 3 heteroatoms. The molecule has 196 valence electrons. The van der Waals surface area contributed by atoms with E-state index in [0.717, 1.165) is 43.4 Å². The third-order valence-corrected chi connectivity index (χ3v) is 12.0. The van der Waals surface area contributed by atoms with Crippen LogP contribution in [0.4, 0.5) is 0 Å². The quantitative estimate of drug-likeness (QED) is 0.380. The molecule has 0 bridgehead atoms. The van der Waals surface area contributed by atoms with Crippen LogP contribution in [0.25, 0.3) is 0 Å². The Morgan fingerprint density at radius 2 is 1.65 bits per heavy atom. The van der Waals surface area contributed by atoms with E-state index in [-0.39, 0.29) is 16.9 Å². The van der Waals surface area contributed by atoms with Crippen molar-refractivity contribution < 1.29 is 15.3 Å². The minimum Gasteiger partial charge on any atom is -0.393 e. The van der Waals surface area contributed by atoms with E-state index in [1.165, 1.54) is 31.3 Å². The van der Waals surface area contributed by atoms with Gasteiger partial charge >= 0.3 is 0 Å². The molecule has 3 nitrogen and oxygen atoms in total. The number of fused-ring (bicyclic) bond motifs is 5. The maximum Gasteiger partial charge on any atom is 0.0965 e. The molecule has 0 aromatic heterocycles. The average molecular weight is 475 g/mol. The maximum atomic E-state index is 11.3. The summed E-state index contributed by atoms with van der Waals surface area (Å²) in [6.45, 7) is 17.5. The first-order valence-electron chi connectivity index (χ1n) is 14.4. The second kappa shape index (κ2) is 8.59. The van der Waals surface area contributed by atoms with Gasteiger partial charge in [0.25, 0.3) is 0 Å². The third kappa shape index (κ3) is 4.24. The van der Waals surface area contributed by atoms with Gasteiger partial charge in [0, 0.05) is 6.42 Å². The van der Waals surface area contributed by atoms with Gasteiger partial charge in [-0.3, -0.25) is 0 Å². The molecular formula is C31H54O3. The molecule has 0 aliphatic heterocycles. The van der Waals surface area contributed by atoms with Crippen LogP contribution in [-0.4, -0.2) is 32.6 Å². The van der Waals surface area contributed by atoms with Crippen LogP contribution in [0.1, 0.15) is 120 Å². The SMILES string of the molecule is C[C@H](CC[C@H](O)C(C)(C)C)[C@H]1CC[C@H]2[C@@H]3CC=C4C[C@](O)(C(C)(C)O)CC[C@]4(C)[C@H]3CC[C@]12C. The highest BCUT2D eigenvalue weighted by Crippen LogP contribution is 2.68. The van der Waals surface area contributed by atoms with Gasteiger partial charge in [-0.25, -0.2) is 0 Å². The highest BCUT2D eigenvalue weighted by atomic mass is 16.4. The molecule has 4 aliphatic rings. The average Bonchev–Trinajstić information content (AvgIpc) is 3.08. The van der Waals surface area contributed by atoms with Crippen molar-refractivity contribution in [2.45, 2.75) is 137 Å². The molecule has 0 heterocycles. The van der Waals surface area contributed by atoms with Crippen molar-refractivity contribution >= 4 is 0 Å². The van der Waals surface area contributed by atoms with Crippen LogP contribution in [0.5, 0.6) is 0 Å². The van der Waals surface area contributed by atoms with Crippen molar-refractivity contribution in [3.05, 3.63) is 11.6 Å². The zero-order valence-corrected chi connectivity index (χ0v) is 23.5. The second-order valence-electron chi connectivity index (χ2n) is 15.2. The van der Waals surface area contributed by atoms with E-state index in [1.54, 1.807) is 13.8 Å². The van der Waals surface area contributed by atoms with E-state index >= 15 is 0 Å². The van der Waals surface area contributed by atoms with Crippen molar-refractivity contribution in [3.63, 3.8) is 0 Å². The van der Waals surface area contributed by atoms with E-state index in [9.17, 15) is 15.3 Å². The Morgan fingerprint density at radius 1 is 0.971 bits per heavy atom. The minimum absolute atomic E-state index is 0.0289. The number of aliphatic hydroxyl groups excluding tert-OH is 1. The van der Waals surface area contributed by atoms with Gasteiger partial charge in [-0.2, -0.15) is 0 Å². The molecule has 0 unspecified atom stereocenters. The van der Waals surface area contributed by atoms with Crippen LogP contribution in [-0.2, 0) is 0 Å². The number of allylic oxidation sites excluding steroid dienone is 1. The summed E-state index contributed by atoms with van der Waals surface area (Å²) in [5.41, 5.74) is -0.0577. The van der Waals surface area contributed by atoms with E-state index in [0.29, 0.717) is 30.1 Å². The van der Waals surface area contributed by atoms with Crippen LogP contribution in [0.2, 0.25) is 0 Å². The minimum atomic E-state index is -1.06. The van der Waals surface area contributed by atoms with Gasteiger partial charge in [-0.05, 0) is 117 Å². The highest BCUT2D eigenvalue weighted by Gasteiger charge is 2.61. The van der Waals surface area contributed by atoms with Crippen molar-refractivity contribution in [1.29, 1.82) is 0 Å². The number of hydrogen-bond acceptors (Lipinski definition) is 3. The van der Waals surface area contributed by atoms with E-state index in [1.807, 2.05) is 0 Å². The van der Waals surface area contributed by atoms with Crippen molar-refractivity contribution in [1.82, 2.24) is 0 Å². The molecule has 3 N–H and O–H groups in total. The van der Waals surface area contributed by atoms with Crippen LogP contribution in [0.3, 0.4) is 0 Å². The molecule has 0 radical (unpaired) electrons. The lowest BCUT2D eigenvalue weighted by Gasteiger charge is -2.60. The van der Waals surface area contributed by atoms with Gasteiger partial charge in [-0.15, -0.1) is 0 Å². The summed E-state index contributed by atoms with van der Waals surface area (Å²) < 4.78 is 0. The van der Waals surface area contributed by atoms with Crippen molar-refractivity contribution in [2.24, 2.45) is 45.8 Å². The predicted octanol–water partition coefficient (Wildman–Crippen LogP) is 6.89. The second-order valence-corrected chi connectivity index (χ2v) is 15.2. The molecule has 0 amide bonds. The fraction of sp³-hybridized carbons (Fsp3) is 0.935. The predicted molar refractivity (Wildman–Crippen MR) is 140 cm³/mol. The van der Waals surface area contributed by atoms with E-state index in [2.05, 4.69) is 47.6 Å². The number of hydrogen-bond donors (Lipinski definition) is 3. The summed E-state index contributed by atoms with van der Waals surface area (Å²) in [6, 6.07) is 0. The molecule has 4 rings (SSSR count). The molecule has 9 atom stereocenters. The monoisotopic (exact) mass is 474 g/mol. The van der Waals surface area contributed by atoms with Crippen molar-refractivity contribution in [3.8, 4) is 0 Å². The molecule has 0 saturated heterocycles. The summed E-state index contributed by atoms with van der Waals surface area (Å²) in [7, 11) is 0. The zero-order valence-electron chi connectivity index (χ0n) is 23.5. The standard InChI is InChI=1S/C31H54O3/c1-20(9-14-26(32)27(2,3)4)23-12-13-24-22-11-10-21-19-31(34,28(5,6)33)18-17-29(21,7)25(22)15-16-30(23,24)8/h10,20,22-26,32-34H,9,11-19H2,1-8H3/t20-,22+,23-,24+,25+,26+,29+,30-,31+/m1/s1. The van der Waals surface area contributed by atoms with Gasteiger partial charge in [0.2, 0.25) is 0 Å². The van der Waals surface area contributed by atoms with Gasteiger partial charge in [0.1, 0.15) is 0 Å². The first-order chi connectivity index (χ1) is 15.5. The third-order valence-electron chi connectivity index (χ3n) is 12.0. The fourth-order valence-electron chi connectivity index (χ4n) is 9.20. The summed E-state index contributed by atoms with van der Waals surface area (Å²) in [4.78, 5) is 0. The van der Waals surface area contributed by atoms with Gasteiger partial charge < -0.3 is 15.3 Å². The lowest BCUT2D eigenvalue weighted by Crippen LogP contribution is -2.57. The molecule has 34 heavy (non-hydrogen) atoms. The Kier molecular flexibility index (Phi) is 6.74. The molecular weight excluding hydrogens is 420 g/mol. The van der Waals surface area contributed by atoms with Crippen molar-refractivity contribution in [2.75, 3.05) is 0 Å². The van der Waals surface area contributed by atoms with Crippen LogP contribution >= 0.6 is 0 Å². The lowest BCUT2D eigenvalue weighted by molar-refractivity contribution is -0.158. The van der Waals surface area contributed by atoms with Gasteiger partial charge in [0.05, 0.1) is 17.3 Å². The molecule has 3 fully saturated rings. The largest absolute Gasteiger partial charge is 0.393 e. The smallest absolute Gasteiger partial charge is 0.0965 e. The van der Waals surface area contributed by atoms with Gasteiger partial charge in [-0.1, -0.05) is 53.2 Å². The number of rotatable bonds is 5. The summed E-state index contributed by atoms with van der Waals surface area (Å²) in [6.07, 6.45) is 13.2. The normalized spacial score (nSPS) is 44.5. The Balaban J connectivity index is 1.49. The Bertz CT molecular complexity index is 787. The molecule has 3 saturated carbocycles. The summed E-state index contributed by atoms with van der Waals surface area (Å²) in [5.74, 6) is 3.73. The molecule has 0 spiro atoms. The lowest BCUT2D eigenvalue weighted by atomic mass is 9.45. The topological polar surface area (TPSA) is 60.7 Å². The van der Waals surface area contributed by atoms with Crippen LogP contribution < -0.4 is 0 Å². The van der Waals surface area contributed by atoms with Gasteiger partial charge in [0.15, 0.2) is 0 Å². The Morgan fingerprint density at radius 3 is 2.26 bits per heavy atom. The molecule has 4 aliphatic carbocycles. The van der Waals surface area contributed by atoms with E-state index < -0.39 is 11.2 Å². The zero-order chi connectivity index (χ0) is 25.3. The van der Waals surface area contributed by atoms with E-state index in [4.69, 9.17) is 0 Å². The first-order valence-corrected chi connectivity index (χ1v) is 14.4. The summed E-state index contributed by atoms with van der Waals surface area (Å²) in [5, 5.41) is 32.6. The first kappa shape index (κ1) is 26.7. The van der Waals surface area contributed by atoms with Crippen LogP contribution in [0, 0.1) is 45.8 Å². The highest BCUT2D eigenvalue weighted by molar-refractivity contribution is 5.28. The molecule has 0 aromatic rings. The van der Waals surface area contributed by atoms with Crippen LogP contribution in [0.15, 0.2) is 11.6 Å². The fourth-order valence-corrected chi connectivity index (χ4v) is 9.20. The summed E-state index contributed by atoms with van der Waals surface area (Å²) >= 11 is 0. The maximum absolute atomic E-state index is 11.3. The number of aliphatic hydroxyl groups is 3. The Labute approximate surface area is 209 Å². The Hall–Kier alpha value is -0.380.